The number of hydrogen-bond acceptors (Lipinski definition) is 2. The van der Waals surface area contributed by atoms with E-state index in [0.717, 1.165) is 18.7 Å². The number of rotatable bonds is 5. The van der Waals surface area contributed by atoms with Gasteiger partial charge in [-0.05, 0) is 33.3 Å². The number of benzene rings is 1. The highest BCUT2D eigenvalue weighted by Crippen LogP contribution is 2.11. The minimum atomic E-state index is -0.0937. The van der Waals surface area contributed by atoms with Crippen molar-refractivity contribution >= 4 is 0 Å². The van der Waals surface area contributed by atoms with E-state index in [1.165, 1.54) is 0 Å². The van der Waals surface area contributed by atoms with Crippen LogP contribution in [0.4, 0.5) is 4.39 Å². The lowest BCUT2D eigenvalue weighted by Gasteiger charge is -2.20. The lowest BCUT2D eigenvalue weighted by atomic mass is 10.1. The van der Waals surface area contributed by atoms with Crippen molar-refractivity contribution in [3.8, 4) is 0 Å². The van der Waals surface area contributed by atoms with Gasteiger partial charge in [-0.3, -0.25) is 0 Å². The Balaban J connectivity index is 2.29. The van der Waals surface area contributed by atoms with Crippen molar-refractivity contribution in [1.82, 2.24) is 10.6 Å². The Labute approximate surface area is 104 Å². The second kappa shape index (κ2) is 6.12. The van der Waals surface area contributed by atoms with Gasteiger partial charge in [0.1, 0.15) is 5.82 Å². The topological polar surface area (TPSA) is 24.1 Å². The molecule has 0 aliphatic carbocycles. The molecule has 0 bridgehead atoms. The van der Waals surface area contributed by atoms with Crippen LogP contribution in [0.3, 0.4) is 0 Å². The zero-order valence-electron chi connectivity index (χ0n) is 11.2. The van der Waals surface area contributed by atoms with Crippen LogP contribution in [0.1, 0.15) is 31.9 Å². The number of aryl methyl sites for hydroxylation is 1. The smallest absolute Gasteiger partial charge is 0.130 e. The molecule has 0 aliphatic rings. The molecule has 0 heterocycles. The SMILES string of the molecule is Cc1cccc(CNCCNC(C)(C)C)c1F. The Hall–Kier alpha value is -0.930. The van der Waals surface area contributed by atoms with Crippen LogP contribution in [0, 0.1) is 12.7 Å². The molecule has 17 heavy (non-hydrogen) atoms. The van der Waals surface area contributed by atoms with Crippen LogP contribution in [-0.2, 0) is 6.54 Å². The molecule has 0 amide bonds. The van der Waals surface area contributed by atoms with Gasteiger partial charge in [-0.15, -0.1) is 0 Å². The van der Waals surface area contributed by atoms with Crippen molar-refractivity contribution in [3.63, 3.8) is 0 Å². The lowest BCUT2D eigenvalue weighted by Crippen LogP contribution is -2.40. The largest absolute Gasteiger partial charge is 0.311 e. The average molecular weight is 238 g/mol. The summed E-state index contributed by atoms with van der Waals surface area (Å²) in [6.45, 7) is 10.5. The summed E-state index contributed by atoms with van der Waals surface area (Å²) in [6.07, 6.45) is 0. The van der Waals surface area contributed by atoms with Crippen LogP contribution in [0.5, 0.6) is 0 Å². The fourth-order valence-electron chi connectivity index (χ4n) is 1.59. The van der Waals surface area contributed by atoms with E-state index in [2.05, 4.69) is 31.4 Å². The first-order valence-corrected chi connectivity index (χ1v) is 6.10. The highest BCUT2D eigenvalue weighted by molar-refractivity contribution is 5.24. The molecule has 0 radical (unpaired) electrons. The monoisotopic (exact) mass is 238 g/mol. The molecule has 0 aromatic heterocycles. The van der Waals surface area contributed by atoms with E-state index in [0.29, 0.717) is 12.1 Å². The van der Waals surface area contributed by atoms with E-state index < -0.39 is 0 Å². The minimum absolute atomic E-state index is 0.0937. The number of hydrogen-bond donors (Lipinski definition) is 2. The van der Waals surface area contributed by atoms with Crippen molar-refractivity contribution in [2.45, 2.75) is 39.8 Å². The van der Waals surface area contributed by atoms with Gasteiger partial charge in [0.15, 0.2) is 0 Å². The first-order valence-electron chi connectivity index (χ1n) is 6.10. The first kappa shape index (κ1) is 14.1. The van der Waals surface area contributed by atoms with Crippen LogP contribution < -0.4 is 10.6 Å². The lowest BCUT2D eigenvalue weighted by molar-refractivity contribution is 0.420. The molecular weight excluding hydrogens is 215 g/mol. The Morgan fingerprint density at radius 1 is 1.18 bits per heavy atom. The fourth-order valence-corrected chi connectivity index (χ4v) is 1.59. The summed E-state index contributed by atoms with van der Waals surface area (Å²) in [6, 6.07) is 5.51. The first-order chi connectivity index (χ1) is 7.90. The normalized spacial score (nSPS) is 11.8. The van der Waals surface area contributed by atoms with Gasteiger partial charge in [0.2, 0.25) is 0 Å². The Bertz CT molecular complexity index is 356. The van der Waals surface area contributed by atoms with Gasteiger partial charge in [0.25, 0.3) is 0 Å². The predicted molar refractivity (Wildman–Crippen MR) is 70.6 cm³/mol. The van der Waals surface area contributed by atoms with Gasteiger partial charge in [0.05, 0.1) is 0 Å². The third kappa shape index (κ3) is 5.29. The maximum atomic E-state index is 13.6. The molecule has 0 saturated carbocycles. The van der Waals surface area contributed by atoms with Gasteiger partial charge >= 0.3 is 0 Å². The van der Waals surface area contributed by atoms with Crippen LogP contribution in [0.15, 0.2) is 18.2 Å². The van der Waals surface area contributed by atoms with E-state index in [-0.39, 0.29) is 11.4 Å². The standard InChI is InChI=1S/C14H23FN2/c1-11-6-5-7-12(13(11)15)10-16-8-9-17-14(2,3)4/h5-7,16-17H,8-10H2,1-4H3. The van der Waals surface area contributed by atoms with E-state index in [4.69, 9.17) is 0 Å². The van der Waals surface area contributed by atoms with Crippen LogP contribution >= 0.6 is 0 Å². The van der Waals surface area contributed by atoms with Gasteiger partial charge in [0, 0.05) is 30.7 Å². The highest BCUT2D eigenvalue weighted by atomic mass is 19.1. The van der Waals surface area contributed by atoms with Crippen molar-refractivity contribution in [1.29, 1.82) is 0 Å². The molecule has 0 fully saturated rings. The zero-order valence-corrected chi connectivity index (χ0v) is 11.2. The molecule has 0 spiro atoms. The summed E-state index contributed by atoms with van der Waals surface area (Å²) in [5, 5.41) is 6.62. The third-order valence-corrected chi connectivity index (χ3v) is 2.54. The molecule has 1 aromatic rings. The van der Waals surface area contributed by atoms with E-state index in [1.807, 2.05) is 12.1 Å². The Kier molecular flexibility index (Phi) is 5.09. The molecule has 3 heteroatoms. The molecular formula is C14H23FN2. The van der Waals surface area contributed by atoms with Crippen LogP contribution in [0.25, 0.3) is 0 Å². The van der Waals surface area contributed by atoms with Gasteiger partial charge < -0.3 is 10.6 Å². The van der Waals surface area contributed by atoms with E-state index in [9.17, 15) is 4.39 Å². The summed E-state index contributed by atoms with van der Waals surface area (Å²) < 4.78 is 13.6. The number of halogens is 1. The van der Waals surface area contributed by atoms with Gasteiger partial charge in [-0.25, -0.2) is 4.39 Å². The summed E-state index contributed by atoms with van der Waals surface area (Å²) in [5.41, 5.74) is 1.58. The molecule has 2 nitrogen and oxygen atoms in total. The molecule has 1 rings (SSSR count). The van der Waals surface area contributed by atoms with Gasteiger partial charge in [-0.1, -0.05) is 18.2 Å². The van der Waals surface area contributed by atoms with E-state index >= 15 is 0 Å². The summed E-state index contributed by atoms with van der Waals surface area (Å²) >= 11 is 0. The van der Waals surface area contributed by atoms with Crippen molar-refractivity contribution < 1.29 is 4.39 Å². The van der Waals surface area contributed by atoms with Crippen LogP contribution in [0.2, 0.25) is 0 Å². The highest BCUT2D eigenvalue weighted by Gasteiger charge is 2.07. The predicted octanol–water partition coefficient (Wildman–Crippen LogP) is 2.61. The second-order valence-corrected chi connectivity index (χ2v) is 5.40. The second-order valence-electron chi connectivity index (χ2n) is 5.40. The van der Waals surface area contributed by atoms with Crippen molar-refractivity contribution in [3.05, 3.63) is 35.1 Å². The molecule has 1 aromatic carbocycles. The maximum Gasteiger partial charge on any atom is 0.130 e. The molecule has 2 N–H and O–H groups in total. The van der Waals surface area contributed by atoms with Crippen molar-refractivity contribution in [2.24, 2.45) is 0 Å². The van der Waals surface area contributed by atoms with Crippen molar-refractivity contribution in [2.75, 3.05) is 13.1 Å². The number of nitrogens with one attached hydrogen (secondary N) is 2. The molecule has 96 valence electrons. The summed E-state index contributed by atoms with van der Waals surface area (Å²) in [4.78, 5) is 0. The summed E-state index contributed by atoms with van der Waals surface area (Å²) in [7, 11) is 0. The van der Waals surface area contributed by atoms with Crippen LogP contribution in [-0.4, -0.2) is 18.6 Å². The quantitative estimate of drug-likeness (QED) is 0.771. The fraction of sp³-hybridized carbons (Fsp3) is 0.571. The molecule has 0 aliphatic heterocycles. The Morgan fingerprint density at radius 2 is 1.88 bits per heavy atom. The molecule has 0 atom stereocenters. The Morgan fingerprint density at radius 3 is 2.53 bits per heavy atom. The zero-order chi connectivity index (χ0) is 12.9. The summed E-state index contributed by atoms with van der Waals surface area (Å²) in [5.74, 6) is -0.0937. The minimum Gasteiger partial charge on any atom is -0.311 e. The van der Waals surface area contributed by atoms with Gasteiger partial charge in [-0.2, -0.15) is 0 Å². The average Bonchev–Trinajstić information content (AvgIpc) is 2.22. The third-order valence-electron chi connectivity index (χ3n) is 2.54. The maximum absolute atomic E-state index is 13.6. The molecule has 0 unspecified atom stereocenters. The van der Waals surface area contributed by atoms with E-state index in [1.54, 1.807) is 13.0 Å². The molecule has 0 saturated heterocycles.